The molecule has 1 saturated heterocycles. The topological polar surface area (TPSA) is 66.2 Å². The number of aromatic nitrogens is 2. The van der Waals surface area contributed by atoms with Gasteiger partial charge in [0.05, 0.1) is 12.8 Å². The third kappa shape index (κ3) is 4.92. The molecule has 0 amide bonds. The Hall–Kier alpha value is -2.15. The van der Waals surface area contributed by atoms with E-state index in [0.29, 0.717) is 29.4 Å². The summed E-state index contributed by atoms with van der Waals surface area (Å²) in [5, 5.41) is 6.66. The standard InChI is InChI=1S/C18H25N5OS/c1-12-7-13(2)11-23(10-12)16-8-14(3)20-17(21-16)22-18(25)19-9-15-5-4-6-24-15/h4-6,8,12-13H,7,9-11H2,1-3H3,(H2,19,20,21,22,25). The smallest absolute Gasteiger partial charge is 0.231 e. The van der Waals surface area contributed by atoms with E-state index in [1.54, 1.807) is 6.26 Å². The molecule has 2 aromatic heterocycles. The fourth-order valence-electron chi connectivity index (χ4n) is 3.35. The molecule has 25 heavy (non-hydrogen) atoms. The maximum absolute atomic E-state index is 5.33. The van der Waals surface area contributed by atoms with Gasteiger partial charge in [0.1, 0.15) is 11.6 Å². The number of furan rings is 1. The lowest BCUT2D eigenvalue weighted by Crippen LogP contribution is -2.39. The second kappa shape index (κ2) is 7.82. The maximum Gasteiger partial charge on any atom is 0.231 e. The predicted octanol–water partition coefficient (Wildman–Crippen LogP) is 3.35. The van der Waals surface area contributed by atoms with Gasteiger partial charge in [0.15, 0.2) is 5.11 Å². The second-order valence-corrected chi connectivity index (χ2v) is 7.34. The van der Waals surface area contributed by atoms with Crippen LogP contribution in [0, 0.1) is 18.8 Å². The van der Waals surface area contributed by atoms with Crippen molar-refractivity contribution in [2.45, 2.75) is 33.7 Å². The van der Waals surface area contributed by atoms with E-state index in [2.05, 4.69) is 39.3 Å². The van der Waals surface area contributed by atoms with E-state index in [0.717, 1.165) is 30.4 Å². The quantitative estimate of drug-likeness (QED) is 0.812. The van der Waals surface area contributed by atoms with Crippen LogP contribution in [0.1, 0.15) is 31.7 Å². The number of hydrogen-bond donors (Lipinski definition) is 2. The number of hydrogen-bond acceptors (Lipinski definition) is 5. The Balaban J connectivity index is 1.65. The molecular formula is C18H25N5OS. The van der Waals surface area contributed by atoms with Crippen molar-refractivity contribution in [3.05, 3.63) is 35.9 Å². The van der Waals surface area contributed by atoms with Gasteiger partial charge in [-0.15, -0.1) is 0 Å². The van der Waals surface area contributed by atoms with Gasteiger partial charge in [0.2, 0.25) is 5.95 Å². The summed E-state index contributed by atoms with van der Waals surface area (Å²) in [4.78, 5) is 11.5. The zero-order valence-corrected chi connectivity index (χ0v) is 15.8. The Morgan fingerprint density at radius 1 is 1.32 bits per heavy atom. The summed E-state index contributed by atoms with van der Waals surface area (Å²) in [6.45, 7) is 9.15. The van der Waals surface area contributed by atoms with Gasteiger partial charge >= 0.3 is 0 Å². The Morgan fingerprint density at radius 2 is 2.08 bits per heavy atom. The van der Waals surface area contributed by atoms with Crippen LogP contribution >= 0.6 is 12.2 Å². The Morgan fingerprint density at radius 3 is 2.76 bits per heavy atom. The van der Waals surface area contributed by atoms with Gasteiger partial charge in [0.25, 0.3) is 0 Å². The van der Waals surface area contributed by atoms with E-state index >= 15 is 0 Å². The van der Waals surface area contributed by atoms with Crippen LogP contribution in [0.4, 0.5) is 11.8 Å². The predicted molar refractivity (Wildman–Crippen MR) is 104 cm³/mol. The summed E-state index contributed by atoms with van der Waals surface area (Å²) in [6.07, 6.45) is 2.91. The zero-order valence-electron chi connectivity index (χ0n) is 15.0. The van der Waals surface area contributed by atoms with Gasteiger partial charge in [0, 0.05) is 24.8 Å². The van der Waals surface area contributed by atoms with Crippen molar-refractivity contribution >= 4 is 29.1 Å². The number of thiocarbonyl (C=S) groups is 1. The first kappa shape index (κ1) is 17.7. The largest absolute Gasteiger partial charge is 0.467 e. The van der Waals surface area contributed by atoms with E-state index in [9.17, 15) is 0 Å². The van der Waals surface area contributed by atoms with Crippen LogP contribution in [0.15, 0.2) is 28.9 Å². The van der Waals surface area contributed by atoms with Crippen molar-refractivity contribution in [2.75, 3.05) is 23.3 Å². The Bertz CT molecular complexity index is 708. The van der Waals surface area contributed by atoms with Crippen molar-refractivity contribution in [1.82, 2.24) is 15.3 Å². The molecule has 2 unspecified atom stereocenters. The van der Waals surface area contributed by atoms with Gasteiger partial charge in [-0.05, 0) is 49.5 Å². The molecule has 0 aromatic carbocycles. The molecule has 6 nitrogen and oxygen atoms in total. The van der Waals surface area contributed by atoms with Crippen molar-refractivity contribution in [3.8, 4) is 0 Å². The van der Waals surface area contributed by atoms with E-state index in [1.165, 1.54) is 6.42 Å². The van der Waals surface area contributed by atoms with Crippen molar-refractivity contribution < 1.29 is 4.42 Å². The van der Waals surface area contributed by atoms with Crippen LogP contribution in [-0.4, -0.2) is 28.2 Å². The molecule has 134 valence electrons. The average Bonchev–Trinajstić information content (AvgIpc) is 3.05. The van der Waals surface area contributed by atoms with Crippen molar-refractivity contribution in [2.24, 2.45) is 11.8 Å². The van der Waals surface area contributed by atoms with E-state index in [1.807, 2.05) is 25.1 Å². The van der Waals surface area contributed by atoms with E-state index in [-0.39, 0.29) is 0 Å². The molecule has 1 fully saturated rings. The lowest BCUT2D eigenvalue weighted by Gasteiger charge is -2.36. The molecular weight excluding hydrogens is 334 g/mol. The SMILES string of the molecule is Cc1cc(N2CC(C)CC(C)C2)nc(NC(=S)NCc2ccco2)n1. The lowest BCUT2D eigenvalue weighted by atomic mass is 9.92. The zero-order chi connectivity index (χ0) is 17.8. The first-order valence-corrected chi connectivity index (χ1v) is 9.08. The molecule has 2 atom stereocenters. The Labute approximate surface area is 154 Å². The van der Waals surface area contributed by atoms with Crippen LogP contribution in [0.5, 0.6) is 0 Å². The molecule has 7 heteroatoms. The number of rotatable bonds is 4. The summed E-state index contributed by atoms with van der Waals surface area (Å²) in [7, 11) is 0. The molecule has 2 aromatic rings. The fourth-order valence-corrected chi connectivity index (χ4v) is 3.51. The average molecular weight is 359 g/mol. The van der Waals surface area contributed by atoms with Gasteiger partial charge < -0.3 is 20.0 Å². The molecule has 2 N–H and O–H groups in total. The van der Waals surface area contributed by atoms with Gasteiger partial charge in [-0.1, -0.05) is 13.8 Å². The number of nitrogens with zero attached hydrogens (tertiary/aromatic N) is 3. The summed E-state index contributed by atoms with van der Waals surface area (Å²) in [6, 6.07) is 5.79. The van der Waals surface area contributed by atoms with Gasteiger partial charge in [-0.2, -0.15) is 4.98 Å². The fraction of sp³-hybridized carbons (Fsp3) is 0.500. The lowest BCUT2D eigenvalue weighted by molar-refractivity contribution is 0.355. The normalized spacial score (nSPS) is 20.4. The molecule has 0 aliphatic carbocycles. The highest BCUT2D eigenvalue weighted by atomic mass is 32.1. The molecule has 3 rings (SSSR count). The molecule has 0 radical (unpaired) electrons. The highest BCUT2D eigenvalue weighted by molar-refractivity contribution is 7.80. The maximum atomic E-state index is 5.33. The number of anilines is 2. The van der Waals surface area contributed by atoms with Gasteiger partial charge in [-0.3, -0.25) is 0 Å². The molecule has 0 spiro atoms. The number of piperidine rings is 1. The van der Waals surface area contributed by atoms with E-state index < -0.39 is 0 Å². The van der Waals surface area contributed by atoms with Crippen LogP contribution < -0.4 is 15.5 Å². The monoisotopic (exact) mass is 359 g/mol. The van der Waals surface area contributed by atoms with Crippen LogP contribution in [0.2, 0.25) is 0 Å². The highest BCUT2D eigenvalue weighted by Gasteiger charge is 2.23. The number of aryl methyl sites for hydroxylation is 1. The first-order valence-electron chi connectivity index (χ1n) is 8.67. The van der Waals surface area contributed by atoms with E-state index in [4.69, 9.17) is 16.6 Å². The molecule has 0 bridgehead atoms. The summed E-state index contributed by atoms with van der Waals surface area (Å²) in [5.41, 5.74) is 0.923. The first-order chi connectivity index (χ1) is 12.0. The molecule has 3 heterocycles. The van der Waals surface area contributed by atoms with Crippen LogP contribution in [0.25, 0.3) is 0 Å². The van der Waals surface area contributed by atoms with Gasteiger partial charge in [-0.25, -0.2) is 4.98 Å². The summed E-state index contributed by atoms with van der Waals surface area (Å²) in [5.74, 6) is 3.66. The Kier molecular flexibility index (Phi) is 5.53. The molecule has 1 aliphatic rings. The minimum atomic E-state index is 0.480. The summed E-state index contributed by atoms with van der Waals surface area (Å²) >= 11 is 5.33. The highest BCUT2D eigenvalue weighted by Crippen LogP contribution is 2.25. The molecule has 1 aliphatic heterocycles. The minimum Gasteiger partial charge on any atom is -0.467 e. The summed E-state index contributed by atoms with van der Waals surface area (Å²) < 4.78 is 5.28. The molecule has 0 saturated carbocycles. The second-order valence-electron chi connectivity index (χ2n) is 6.93. The minimum absolute atomic E-state index is 0.480. The third-order valence-electron chi connectivity index (χ3n) is 4.26. The van der Waals surface area contributed by atoms with Crippen LogP contribution in [-0.2, 0) is 6.54 Å². The van der Waals surface area contributed by atoms with Crippen molar-refractivity contribution in [3.63, 3.8) is 0 Å². The van der Waals surface area contributed by atoms with Crippen molar-refractivity contribution in [1.29, 1.82) is 0 Å². The third-order valence-corrected chi connectivity index (χ3v) is 4.51. The van der Waals surface area contributed by atoms with Crippen LogP contribution in [0.3, 0.4) is 0 Å². The number of nitrogens with one attached hydrogen (secondary N) is 2.